The van der Waals surface area contributed by atoms with Crippen molar-refractivity contribution < 1.29 is 14.4 Å². The second-order valence-corrected chi connectivity index (χ2v) is 6.75. The number of nitrogens with zero attached hydrogens (tertiary/aromatic N) is 3. The highest BCUT2D eigenvalue weighted by Crippen LogP contribution is 2.33. The van der Waals surface area contributed by atoms with Crippen molar-refractivity contribution in [1.82, 2.24) is 0 Å². The highest BCUT2D eigenvalue weighted by atomic mass is 16.6. The summed E-state index contributed by atoms with van der Waals surface area (Å²) >= 11 is 0. The van der Waals surface area contributed by atoms with E-state index in [9.17, 15) is 15.4 Å². The Hall–Kier alpha value is -3.92. The Morgan fingerprint density at radius 2 is 1.87 bits per heavy atom. The van der Waals surface area contributed by atoms with Gasteiger partial charge in [-0.3, -0.25) is 15.1 Å². The van der Waals surface area contributed by atoms with Gasteiger partial charge in [0.1, 0.15) is 6.07 Å². The van der Waals surface area contributed by atoms with Crippen LogP contribution in [0.15, 0.2) is 58.6 Å². The van der Waals surface area contributed by atoms with Gasteiger partial charge in [-0.15, -0.1) is 0 Å². The summed E-state index contributed by atoms with van der Waals surface area (Å²) in [6, 6.07) is 12.3. The van der Waals surface area contributed by atoms with Crippen LogP contribution in [0.4, 0.5) is 5.69 Å². The molecule has 0 amide bonds. The van der Waals surface area contributed by atoms with Crippen molar-refractivity contribution in [2.24, 2.45) is 4.99 Å². The first-order valence-corrected chi connectivity index (χ1v) is 9.31. The summed E-state index contributed by atoms with van der Waals surface area (Å²) in [6.45, 7) is 2.46. The number of rotatable bonds is 6. The topological polar surface area (TPSA) is 97.8 Å². The fraction of sp³-hybridized carbons (Fsp3) is 0.217. The predicted octanol–water partition coefficient (Wildman–Crippen LogP) is 4.51. The first-order chi connectivity index (χ1) is 14.5. The van der Waals surface area contributed by atoms with Crippen molar-refractivity contribution in [2.75, 3.05) is 20.8 Å². The summed E-state index contributed by atoms with van der Waals surface area (Å²) in [4.78, 5) is 15.0. The number of hydrogen-bond acceptors (Lipinski definition) is 6. The van der Waals surface area contributed by atoms with Gasteiger partial charge in [-0.2, -0.15) is 5.26 Å². The number of methoxy groups -OCH3 is 2. The number of benzene rings is 2. The summed E-state index contributed by atoms with van der Waals surface area (Å²) in [5.41, 5.74) is 4.65. The lowest BCUT2D eigenvalue weighted by Crippen LogP contribution is -2.15. The molecule has 0 aromatic heterocycles. The number of aliphatic imine (C=N–C) groups is 1. The summed E-state index contributed by atoms with van der Waals surface area (Å²) in [5, 5.41) is 20.6. The molecule has 0 saturated heterocycles. The summed E-state index contributed by atoms with van der Waals surface area (Å²) in [5.74, 6) is 1.23. The summed E-state index contributed by atoms with van der Waals surface area (Å²) in [6.07, 6.45) is 4.39. The van der Waals surface area contributed by atoms with E-state index in [0.29, 0.717) is 29.3 Å². The van der Waals surface area contributed by atoms with Crippen molar-refractivity contribution >= 4 is 17.5 Å². The minimum atomic E-state index is -0.435. The Kier molecular flexibility index (Phi) is 6.28. The van der Waals surface area contributed by atoms with Crippen LogP contribution in [0.2, 0.25) is 0 Å². The van der Waals surface area contributed by atoms with Crippen LogP contribution < -0.4 is 9.47 Å². The van der Waals surface area contributed by atoms with E-state index in [1.165, 1.54) is 12.1 Å². The molecule has 1 heterocycles. The zero-order valence-corrected chi connectivity index (χ0v) is 17.0. The molecular weight excluding hydrogens is 382 g/mol. The van der Waals surface area contributed by atoms with E-state index in [1.807, 2.05) is 25.1 Å². The Morgan fingerprint density at radius 1 is 1.20 bits per heavy atom. The fourth-order valence-corrected chi connectivity index (χ4v) is 3.33. The molecule has 0 saturated carbocycles. The smallest absolute Gasteiger partial charge is 0.269 e. The molecule has 7 nitrogen and oxygen atoms in total. The highest BCUT2D eigenvalue weighted by Gasteiger charge is 2.21. The van der Waals surface area contributed by atoms with Crippen LogP contribution in [0.1, 0.15) is 23.6 Å². The molecule has 1 aliphatic rings. The van der Waals surface area contributed by atoms with Gasteiger partial charge in [-0.1, -0.05) is 6.08 Å². The number of nitriles is 1. The van der Waals surface area contributed by atoms with Crippen LogP contribution in [0.25, 0.3) is 6.08 Å². The molecule has 0 bridgehead atoms. The van der Waals surface area contributed by atoms with Gasteiger partial charge in [0.05, 0.1) is 30.4 Å². The number of allylic oxidation sites excluding steroid dienone is 3. The van der Waals surface area contributed by atoms with Crippen LogP contribution in [0.5, 0.6) is 11.5 Å². The summed E-state index contributed by atoms with van der Waals surface area (Å²) < 4.78 is 10.8. The second kappa shape index (κ2) is 9.05. The van der Waals surface area contributed by atoms with E-state index >= 15 is 0 Å². The van der Waals surface area contributed by atoms with Gasteiger partial charge < -0.3 is 9.47 Å². The third-order valence-corrected chi connectivity index (χ3v) is 4.76. The largest absolute Gasteiger partial charge is 0.493 e. The molecule has 0 unspecified atom stereocenters. The van der Waals surface area contributed by atoms with Gasteiger partial charge >= 0.3 is 0 Å². The maximum atomic E-state index is 10.8. The number of nitro benzene ring substituents is 1. The second-order valence-electron chi connectivity index (χ2n) is 6.75. The SMILES string of the molecule is COc1cc2c(cc1OC)C(/C(C#N)=C/C(C)=C/c1ccc([N+](=O)[O-])cc1)=NCC2. The average molecular weight is 403 g/mol. The Morgan fingerprint density at radius 3 is 2.47 bits per heavy atom. The van der Waals surface area contributed by atoms with E-state index in [0.717, 1.165) is 28.7 Å². The monoisotopic (exact) mass is 403 g/mol. The molecule has 7 heteroatoms. The van der Waals surface area contributed by atoms with Gasteiger partial charge in [0, 0.05) is 24.2 Å². The quantitative estimate of drug-likeness (QED) is 0.306. The van der Waals surface area contributed by atoms with Gasteiger partial charge in [0.15, 0.2) is 11.5 Å². The number of fused-ring (bicyclic) bond motifs is 1. The van der Waals surface area contributed by atoms with Crippen LogP contribution in [0, 0.1) is 21.4 Å². The predicted molar refractivity (Wildman–Crippen MR) is 115 cm³/mol. The van der Waals surface area contributed by atoms with Crippen molar-refractivity contribution in [3.63, 3.8) is 0 Å². The molecule has 0 radical (unpaired) electrons. The molecule has 2 aromatic rings. The summed E-state index contributed by atoms with van der Waals surface area (Å²) in [7, 11) is 3.16. The molecule has 152 valence electrons. The third-order valence-electron chi connectivity index (χ3n) is 4.76. The molecule has 30 heavy (non-hydrogen) atoms. The normalized spacial score (nSPS) is 13.7. The number of nitro groups is 1. The van der Waals surface area contributed by atoms with Crippen molar-refractivity contribution in [2.45, 2.75) is 13.3 Å². The van der Waals surface area contributed by atoms with Crippen molar-refractivity contribution in [3.8, 4) is 17.6 Å². The van der Waals surface area contributed by atoms with Crippen LogP contribution in [-0.4, -0.2) is 31.4 Å². The van der Waals surface area contributed by atoms with Crippen LogP contribution in [-0.2, 0) is 6.42 Å². The van der Waals surface area contributed by atoms with Gasteiger partial charge in [-0.05, 0) is 60.4 Å². The van der Waals surface area contributed by atoms with Gasteiger partial charge in [0.25, 0.3) is 5.69 Å². The molecule has 0 aliphatic carbocycles. The van der Waals surface area contributed by atoms with E-state index in [1.54, 1.807) is 32.4 Å². The molecule has 2 aromatic carbocycles. The maximum Gasteiger partial charge on any atom is 0.269 e. The molecule has 0 N–H and O–H groups in total. The molecule has 1 aliphatic heterocycles. The number of non-ortho nitro benzene ring substituents is 1. The standard InChI is InChI=1S/C23H21N3O4/c1-15(10-16-4-6-19(7-5-16)26(27)28)11-18(14-24)23-20-13-22(30-3)21(29-2)12-17(20)8-9-25-23/h4-7,10-13H,8-9H2,1-3H3/b15-10+,18-11+. The van der Waals surface area contributed by atoms with Crippen molar-refractivity contribution in [1.29, 1.82) is 5.26 Å². The lowest BCUT2D eigenvalue weighted by atomic mass is 9.92. The Bertz CT molecular complexity index is 1110. The highest BCUT2D eigenvalue weighted by molar-refractivity contribution is 6.17. The minimum absolute atomic E-state index is 0.0376. The lowest BCUT2D eigenvalue weighted by Gasteiger charge is -2.19. The molecule has 3 rings (SSSR count). The number of ether oxygens (including phenoxy) is 2. The molecular formula is C23H21N3O4. The number of hydrogen-bond donors (Lipinski definition) is 0. The molecule has 0 spiro atoms. The van der Waals surface area contributed by atoms with Crippen LogP contribution >= 0.6 is 0 Å². The van der Waals surface area contributed by atoms with E-state index in [4.69, 9.17) is 9.47 Å². The lowest BCUT2D eigenvalue weighted by molar-refractivity contribution is -0.384. The van der Waals surface area contributed by atoms with E-state index in [-0.39, 0.29) is 5.69 Å². The molecule has 0 atom stereocenters. The zero-order valence-electron chi connectivity index (χ0n) is 17.0. The van der Waals surface area contributed by atoms with Gasteiger partial charge in [-0.25, -0.2) is 0 Å². The first-order valence-electron chi connectivity index (χ1n) is 9.31. The molecule has 0 fully saturated rings. The average Bonchev–Trinajstić information content (AvgIpc) is 2.76. The van der Waals surface area contributed by atoms with Crippen LogP contribution in [0.3, 0.4) is 0 Å². The first kappa shape index (κ1) is 20.8. The maximum absolute atomic E-state index is 10.8. The minimum Gasteiger partial charge on any atom is -0.493 e. The third kappa shape index (κ3) is 4.39. The van der Waals surface area contributed by atoms with Gasteiger partial charge in [0.2, 0.25) is 0 Å². The van der Waals surface area contributed by atoms with Crippen molar-refractivity contribution in [3.05, 3.63) is 80.4 Å². The Labute approximate surface area is 174 Å². The Balaban J connectivity index is 1.96. The zero-order chi connectivity index (χ0) is 21.7. The van der Waals surface area contributed by atoms with E-state index in [2.05, 4.69) is 11.1 Å². The van der Waals surface area contributed by atoms with E-state index < -0.39 is 4.92 Å². The fourth-order valence-electron chi connectivity index (χ4n) is 3.33.